The minimum atomic E-state index is -1.12. The van der Waals surface area contributed by atoms with Gasteiger partial charge in [-0.05, 0) is 23.6 Å². The molecule has 1 aromatic carbocycles. The van der Waals surface area contributed by atoms with Crippen LogP contribution in [0.2, 0.25) is 10.0 Å². The van der Waals surface area contributed by atoms with Crippen molar-refractivity contribution in [3.8, 4) is 0 Å². The van der Waals surface area contributed by atoms with E-state index in [1.54, 1.807) is 11.4 Å². The number of hydrogen-bond acceptors (Lipinski definition) is 2. The maximum atomic E-state index is 13.0. The van der Waals surface area contributed by atoms with Crippen molar-refractivity contribution >= 4 is 40.3 Å². The molecule has 2 rings (SSSR count). The summed E-state index contributed by atoms with van der Waals surface area (Å²) in [6.07, 6.45) is 0. The predicted octanol–water partition coefficient (Wildman–Crippen LogP) is 4.56. The van der Waals surface area contributed by atoms with Crippen LogP contribution >= 0.6 is 34.5 Å². The first kappa shape index (κ1) is 12.5. The molecular formula is C11H4Cl2F2OS. The van der Waals surface area contributed by atoms with E-state index < -0.39 is 17.4 Å². The molecule has 1 aromatic heterocycles. The summed E-state index contributed by atoms with van der Waals surface area (Å²) in [6, 6.07) is 3.09. The summed E-state index contributed by atoms with van der Waals surface area (Å²) in [5.41, 5.74) is -0.102. The molecule has 0 radical (unpaired) electrons. The van der Waals surface area contributed by atoms with Crippen LogP contribution in [0.1, 0.15) is 15.2 Å². The van der Waals surface area contributed by atoms with Gasteiger partial charge < -0.3 is 0 Å². The summed E-state index contributed by atoms with van der Waals surface area (Å²) >= 11 is 12.6. The number of hydrogen-bond donors (Lipinski definition) is 0. The molecule has 0 bridgehead atoms. The van der Waals surface area contributed by atoms with Gasteiger partial charge in [0.2, 0.25) is 5.78 Å². The molecule has 0 fully saturated rings. The predicted molar refractivity (Wildman–Crippen MR) is 64.1 cm³/mol. The van der Waals surface area contributed by atoms with Crippen LogP contribution in [0.25, 0.3) is 0 Å². The number of halogens is 4. The van der Waals surface area contributed by atoms with Crippen LogP contribution < -0.4 is 0 Å². The van der Waals surface area contributed by atoms with Crippen molar-refractivity contribution in [3.63, 3.8) is 0 Å². The van der Waals surface area contributed by atoms with Crippen molar-refractivity contribution in [2.24, 2.45) is 0 Å². The fraction of sp³-hybridized carbons (Fsp3) is 0. The van der Waals surface area contributed by atoms with E-state index >= 15 is 0 Å². The average Bonchev–Trinajstić information content (AvgIpc) is 2.69. The SMILES string of the molecule is O=C(c1cc(F)c(F)cc1Cl)c1sccc1Cl. The first-order valence-corrected chi connectivity index (χ1v) is 6.06. The Morgan fingerprint density at radius 2 is 1.76 bits per heavy atom. The summed E-state index contributed by atoms with van der Waals surface area (Å²) < 4.78 is 25.9. The van der Waals surface area contributed by atoms with Gasteiger partial charge in [-0.2, -0.15) is 0 Å². The fourth-order valence-electron chi connectivity index (χ4n) is 1.27. The molecule has 0 atom stereocenters. The molecule has 0 saturated carbocycles. The maximum absolute atomic E-state index is 13.0. The van der Waals surface area contributed by atoms with Crippen LogP contribution in [0.4, 0.5) is 8.78 Å². The van der Waals surface area contributed by atoms with Crippen LogP contribution in [0.3, 0.4) is 0 Å². The zero-order chi connectivity index (χ0) is 12.6. The van der Waals surface area contributed by atoms with Crippen molar-refractivity contribution in [1.29, 1.82) is 0 Å². The van der Waals surface area contributed by atoms with Gasteiger partial charge in [0.1, 0.15) is 0 Å². The highest BCUT2D eigenvalue weighted by molar-refractivity contribution is 7.13. The van der Waals surface area contributed by atoms with Gasteiger partial charge in [-0.1, -0.05) is 23.2 Å². The molecule has 0 aliphatic heterocycles. The maximum Gasteiger partial charge on any atom is 0.206 e. The van der Waals surface area contributed by atoms with E-state index in [0.29, 0.717) is 0 Å². The summed E-state index contributed by atoms with van der Waals surface area (Å²) in [6.45, 7) is 0. The molecule has 0 aliphatic carbocycles. The second kappa shape index (κ2) is 4.72. The summed E-state index contributed by atoms with van der Waals surface area (Å²) in [5.74, 6) is -2.73. The van der Waals surface area contributed by atoms with E-state index in [4.69, 9.17) is 23.2 Å². The summed E-state index contributed by atoms with van der Waals surface area (Å²) in [5, 5.41) is 1.75. The number of carbonyl (C=O) groups is 1. The van der Waals surface area contributed by atoms with Gasteiger partial charge in [0.25, 0.3) is 0 Å². The zero-order valence-corrected chi connectivity index (χ0v) is 10.5. The van der Waals surface area contributed by atoms with E-state index in [1.807, 2.05) is 0 Å². The molecule has 0 unspecified atom stereocenters. The topological polar surface area (TPSA) is 17.1 Å². The van der Waals surface area contributed by atoms with E-state index in [1.165, 1.54) is 0 Å². The van der Waals surface area contributed by atoms with Crippen LogP contribution in [0.5, 0.6) is 0 Å². The second-order valence-corrected chi connectivity index (χ2v) is 4.90. The van der Waals surface area contributed by atoms with Gasteiger partial charge in [0.05, 0.1) is 14.9 Å². The van der Waals surface area contributed by atoms with Gasteiger partial charge in [0.15, 0.2) is 11.6 Å². The molecule has 6 heteroatoms. The van der Waals surface area contributed by atoms with Gasteiger partial charge in [-0.3, -0.25) is 4.79 Å². The van der Waals surface area contributed by atoms with Crippen LogP contribution in [-0.2, 0) is 0 Å². The molecule has 0 amide bonds. The van der Waals surface area contributed by atoms with Crippen molar-refractivity contribution < 1.29 is 13.6 Å². The molecule has 0 N–H and O–H groups in total. The molecule has 2 aromatic rings. The highest BCUT2D eigenvalue weighted by Crippen LogP contribution is 2.28. The quantitative estimate of drug-likeness (QED) is 0.586. The lowest BCUT2D eigenvalue weighted by Crippen LogP contribution is -2.02. The summed E-state index contributed by atoms with van der Waals surface area (Å²) in [4.78, 5) is 12.2. The van der Waals surface area contributed by atoms with Crippen molar-refractivity contribution in [2.45, 2.75) is 0 Å². The van der Waals surface area contributed by atoms with Crippen LogP contribution in [0.15, 0.2) is 23.6 Å². The second-order valence-electron chi connectivity index (χ2n) is 3.17. The highest BCUT2D eigenvalue weighted by atomic mass is 35.5. The Bertz CT molecular complexity index is 595. The monoisotopic (exact) mass is 292 g/mol. The standard InChI is InChI=1S/C11H4Cl2F2OS/c12-6-1-2-17-11(6)10(16)5-3-8(14)9(15)4-7(5)13/h1-4H. The first-order chi connectivity index (χ1) is 8.00. The third-order valence-corrected chi connectivity index (χ3v) is 3.73. The van der Waals surface area contributed by atoms with Gasteiger partial charge in [-0.25, -0.2) is 8.78 Å². The third kappa shape index (κ3) is 2.34. The van der Waals surface area contributed by atoms with E-state index in [-0.39, 0.29) is 20.5 Å². The summed E-state index contributed by atoms with van der Waals surface area (Å²) in [7, 11) is 0. The molecular weight excluding hydrogens is 289 g/mol. The van der Waals surface area contributed by atoms with Crippen molar-refractivity contribution in [1.82, 2.24) is 0 Å². The van der Waals surface area contributed by atoms with Crippen molar-refractivity contribution in [3.05, 3.63) is 55.7 Å². The zero-order valence-electron chi connectivity index (χ0n) is 8.14. The van der Waals surface area contributed by atoms with Gasteiger partial charge >= 0.3 is 0 Å². The molecule has 0 spiro atoms. The molecule has 88 valence electrons. The van der Waals surface area contributed by atoms with Gasteiger partial charge in [0, 0.05) is 5.56 Å². The van der Waals surface area contributed by atoms with E-state index in [0.717, 1.165) is 23.5 Å². The average molecular weight is 293 g/mol. The normalized spacial score (nSPS) is 10.6. The smallest absolute Gasteiger partial charge is 0.206 e. The molecule has 0 aliphatic rings. The van der Waals surface area contributed by atoms with E-state index in [2.05, 4.69) is 0 Å². The fourth-order valence-corrected chi connectivity index (χ4v) is 2.61. The minimum absolute atomic E-state index is 0.102. The Labute approximate surface area is 110 Å². The van der Waals surface area contributed by atoms with Crippen LogP contribution in [0, 0.1) is 11.6 Å². The Morgan fingerprint density at radius 1 is 1.12 bits per heavy atom. The Morgan fingerprint density at radius 3 is 2.35 bits per heavy atom. The van der Waals surface area contributed by atoms with E-state index in [9.17, 15) is 13.6 Å². The molecule has 17 heavy (non-hydrogen) atoms. The number of thiophene rings is 1. The molecule has 1 heterocycles. The third-order valence-electron chi connectivity index (χ3n) is 2.08. The molecule has 1 nitrogen and oxygen atoms in total. The number of ketones is 1. The van der Waals surface area contributed by atoms with Crippen molar-refractivity contribution in [2.75, 3.05) is 0 Å². The minimum Gasteiger partial charge on any atom is -0.288 e. The van der Waals surface area contributed by atoms with Gasteiger partial charge in [-0.15, -0.1) is 11.3 Å². The largest absolute Gasteiger partial charge is 0.288 e. The Kier molecular flexibility index (Phi) is 3.47. The Hall–Kier alpha value is -0.970. The lowest BCUT2D eigenvalue weighted by atomic mass is 10.1. The number of carbonyl (C=O) groups excluding carboxylic acids is 1. The van der Waals surface area contributed by atoms with Crippen LogP contribution in [-0.4, -0.2) is 5.78 Å². The Balaban J connectivity index is 2.52. The highest BCUT2D eigenvalue weighted by Gasteiger charge is 2.19. The number of benzene rings is 1. The lowest BCUT2D eigenvalue weighted by Gasteiger charge is -2.03. The first-order valence-electron chi connectivity index (χ1n) is 4.43. The number of rotatable bonds is 2. The molecule has 0 saturated heterocycles. The lowest BCUT2D eigenvalue weighted by molar-refractivity contribution is 0.104.